The average molecular weight is 440 g/mol. The molecule has 156 valence electrons. The fourth-order valence-corrected chi connectivity index (χ4v) is 5.53. The van der Waals surface area contributed by atoms with E-state index in [4.69, 9.17) is 15.2 Å². The molecule has 8 nitrogen and oxygen atoms in total. The number of rotatable bonds is 8. The summed E-state index contributed by atoms with van der Waals surface area (Å²) in [5.74, 6) is 0.514. The van der Waals surface area contributed by atoms with Gasteiger partial charge in [0.2, 0.25) is 0 Å². The molecule has 0 radical (unpaired) electrons. The maximum atomic E-state index is 12.2. The summed E-state index contributed by atoms with van der Waals surface area (Å²) in [4.78, 5) is 0. The van der Waals surface area contributed by atoms with Crippen LogP contribution >= 0.6 is 0 Å². The Morgan fingerprint density at radius 1 is 0.862 bits per heavy atom. The van der Waals surface area contributed by atoms with E-state index in [1.165, 1.54) is 50.6 Å². The molecule has 3 N–H and O–H groups in total. The number of nitrogen functional groups attached to an aromatic ring is 1. The first-order valence-electron chi connectivity index (χ1n) is 8.17. The quantitative estimate of drug-likeness (QED) is 0.599. The van der Waals surface area contributed by atoms with Gasteiger partial charge in [0.15, 0.2) is 36.3 Å². The van der Waals surface area contributed by atoms with E-state index in [9.17, 15) is 21.9 Å². The summed E-state index contributed by atoms with van der Waals surface area (Å²) >= 11 is 0. The third-order valence-electron chi connectivity index (χ3n) is 3.72. The van der Waals surface area contributed by atoms with Gasteiger partial charge in [-0.3, -0.25) is 0 Å². The Kier molecular flexibility index (Phi) is 6.93. The van der Waals surface area contributed by atoms with Gasteiger partial charge in [0, 0.05) is 10.8 Å². The number of anilines is 1. The summed E-state index contributed by atoms with van der Waals surface area (Å²) < 4.78 is 58.6. The van der Waals surface area contributed by atoms with Gasteiger partial charge in [0.1, 0.15) is 5.75 Å². The Balaban J connectivity index is 2.13. The van der Waals surface area contributed by atoms with E-state index in [1.807, 2.05) is 0 Å². The van der Waals surface area contributed by atoms with Crippen LogP contribution < -0.4 is 15.2 Å². The lowest BCUT2D eigenvalue weighted by Crippen LogP contribution is -2.11. The molecule has 0 amide bonds. The van der Waals surface area contributed by atoms with E-state index in [-0.39, 0.29) is 11.5 Å². The zero-order valence-electron chi connectivity index (χ0n) is 15.8. The van der Waals surface area contributed by atoms with E-state index in [0.29, 0.717) is 22.6 Å². The van der Waals surface area contributed by atoms with Crippen LogP contribution in [0.15, 0.2) is 47.2 Å². The van der Waals surface area contributed by atoms with Crippen molar-refractivity contribution in [1.82, 2.24) is 0 Å². The van der Waals surface area contributed by atoms with E-state index < -0.39 is 24.8 Å². The predicted octanol–water partition coefficient (Wildman–Crippen LogP) is 2.42. The van der Waals surface area contributed by atoms with Crippen LogP contribution in [0.25, 0.3) is 12.2 Å². The molecule has 2 aromatic carbocycles. The van der Waals surface area contributed by atoms with E-state index >= 15 is 0 Å². The van der Waals surface area contributed by atoms with Crippen molar-refractivity contribution in [1.29, 1.82) is 0 Å². The molecule has 2 aromatic rings. The van der Waals surface area contributed by atoms with Gasteiger partial charge in [-0.05, 0) is 47.5 Å². The number of benzene rings is 2. The smallest absolute Gasteiger partial charge is 0.186 e. The van der Waals surface area contributed by atoms with Gasteiger partial charge in [0.25, 0.3) is 0 Å². The minimum absolute atomic E-state index is 0.165. The molecule has 0 unspecified atom stereocenters. The van der Waals surface area contributed by atoms with Crippen molar-refractivity contribution >= 4 is 37.5 Å². The predicted molar refractivity (Wildman–Crippen MR) is 113 cm³/mol. The maximum Gasteiger partial charge on any atom is 0.186 e. The van der Waals surface area contributed by atoms with Crippen LogP contribution in [0.3, 0.4) is 0 Å². The van der Waals surface area contributed by atoms with Gasteiger partial charge in [-0.1, -0.05) is 12.1 Å². The van der Waals surface area contributed by atoms with Crippen molar-refractivity contribution in [2.45, 2.75) is 0 Å². The number of ether oxygens (including phenoxy) is 2. The maximum absolute atomic E-state index is 12.2. The summed E-state index contributed by atoms with van der Waals surface area (Å²) in [6.07, 6.45) is 2.45. The van der Waals surface area contributed by atoms with Gasteiger partial charge in [-0.2, -0.15) is 0 Å². The Morgan fingerprint density at radius 2 is 1.34 bits per heavy atom. The molecule has 0 heterocycles. The highest BCUT2D eigenvalue weighted by Gasteiger charge is 2.17. The summed E-state index contributed by atoms with van der Waals surface area (Å²) in [5.41, 5.74) is 6.93. The van der Waals surface area contributed by atoms with Crippen LogP contribution in [-0.4, -0.2) is 41.2 Å². The number of hydrogen-bond acceptors (Lipinski definition) is 8. The number of phenolic OH excluding ortho intramolecular Hbond substituents is 1. The summed E-state index contributed by atoms with van der Waals surface area (Å²) in [6, 6.07) is 8.95. The van der Waals surface area contributed by atoms with Crippen molar-refractivity contribution in [2.75, 3.05) is 25.0 Å². The van der Waals surface area contributed by atoms with Crippen molar-refractivity contribution in [3.05, 3.63) is 58.3 Å². The molecule has 0 saturated carbocycles. The normalized spacial score (nSPS) is 12.5. The van der Waals surface area contributed by atoms with Crippen molar-refractivity contribution < 1.29 is 31.4 Å². The molecule has 0 bridgehead atoms. The number of hydrogen-bond donors (Lipinski definition) is 2. The number of phenols is 1. The molecule has 2 rings (SSSR count). The first kappa shape index (κ1) is 22.3. The van der Waals surface area contributed by atoms with Gasteiger partial charge >= 0.3 is 0 Å². The monoisotopic (exact) mass is 439 g/mol. The van der Waals surface area contributed by atoms with Crippen LogP contribution in [0.2, 0.25) is 0 Å². The number of nitrogens with two attached hydrogens (primary N) is 1. The van der Waals surface area contributed by atoms with E-state index in [0.717, 1.165) is 10.8 Å². The summed E-state index contributed by atoms with van der Waals surface area (Å²) in [6.45, 7) is 0. The third kappa shape index (κ3) is 6.54. The van der Waals surface area contributed by atoms with E-state index in [2.05, 4.69) is 0 Å². The summed E-state index contributed by atoms with van der Waals surface area (Å²) in [5, 5.41) is 10.2. The SMILES string of the molecule is COc1ccc(C=CS(=O)(=O)CS(=O)(=O)/C=C/c2ccc(OC)c(O)c2)cc1N. The highest BCUT2D eigenvalue weighted by atomic mass is 32.3. The summed E-state index contributed by atoms with van der Waals surface area (Å²) in [7, 11) is -5.28. The molecule has 29 heavy (non-hydrogen) atoms. The van der Waals surface area contributed by atoms with Crippen LogP contribution in [0, 0.1) is 0 Å². The Bertz CT molecular complexity index is 1060. The van der Waals surface area contributed by atoms with Crippen LogP contribution in [0.1, 0.15) is 11.1 Å². The molecule has 0 fully saturated rings. The number of aromatic hydroxyl groups is 1. The topological polar surface area (TPSA) is 133 Å². The first-order valence-corrected chi connectivity index (χ1v) is 11.6. The zero-order valence-corrected chi connectivity index (χ0v) is 17.4. The molecule has 0 aromatic heterocycles. The Labute approximate surface area is 169 Å². The average Bonchev–Trinajstić information content (AvgIpc) is 2.64. The second kappa shape index (κ2) is 9.01. The second-order valence-corrected chi connectivity index (χ2v) is 10.1. The standard InChI is InChI=1S/C19H21NO7S2/c1-26-18-5-3-14(11-16(18)20)7-9-28(22,23)13-29(24,25)10-8-15-4-6-19(27-2)17(21)12-15/h3-12,21H,13,20H2,1-2H3/b9-7?,10-8+. The van der Waals surface area contributed by atoms with Gasteiger partial charge < -0.3 is 20.3 Å². The molecular weight excluding hydrogens is 418 g/mol. The Morgan fingerprint density at radius 3 is 1.79 bits per heavy atom. The molecule has 0 aliphatic carbocycles. The lowest BCUT2D eigenvalue weighted by atomic mass is 10.2. The van der Waals surface area contributed by atoms with Gasteiger partial charge in [-0.15, -0.1) is 0 Å². The molecule has 0 saturated heterocycles. The molecule has 0 aliphatic heterocycles. The van der Waals surface area contributed by atoms with Crippen LogP contribution in [0.4, 0.5) is 5.69 Å². The Hall–Kier alpha value is -2.98. The highest BCUT2D eigenvalue weighted by molar-refractivity contribution is 8.10. The van der Waals surface area contributed by atoms with Crippen molar-refractivity contribution in [3.63, 3.8) is 0 Å². The molecule has 10 heteroatoms. The van der Waals surface area contributed by atoms with E-state index in [1.54, 1.807) is 12.1 Å². The minimum Gasteiger partial charge on any atom is -0.504 e. The second-order valence-electron chi connectivity index (χ2n) is 5.98. The molecule has 0 atom stereocenters. The number of sulfone groups is 2. The van der Waals surface area contributed by atoms with Crippen LogP contribution in [0.5, 0.6) is 17.2 Å². The largest absolute Gasteiger partial charge is 0.504 e. The minimum atomic E-state index is -4.07. The lowest BCUT2D eigenvalue weighted by Gasteiger charge is -2.04. The fourth-order valence-electron chi connectivity index (χ4n) is 2.34. The highest BCUT2D eigenvalue weighted by Crippen LogP contribution is 2.27. The molecule has 0 aliphatic rings. The first-order chi connectivity index (χ1) is 13.5. The van der Waals surface area contributed by atoms with Crippen molar-refractivity contribution in [2.24, 2.45) is 0 Å². The fraction of sp³-hybridized carbons (Fsp3) is 0.158. The van der Waals surface area contributed by atoms with Crippen molar-refractivity contribution in [3.8, 4) is 17.2 Å². The lowest BCUT2D eigenvalue weighted by molar-refractivity contribution is 0.373. The zero-order chi connectivity index (χ0) is 21.7. The van der Waals surface area contributed by atoms with Gasteiger partial charge in [-0.25, -0.2) is 16.8 Å². The third-order valence-corrected chi connectivity index (χ3v) is 7.45. The van der Waals surface area contributed by atoms with Gasteiger partial charge in [0.05, 0.1) is 19.9 Å². The molecule has 0 spiro atoms. The van der Waals surface area contributed by atoms with Crippen LogP contribution in [-0.2, 0) is 19.7 Å². The number of methoxy groups -OCH3 is 2. The molecular formula is C19H21NO7S2.